The van der Waals surface area contributed by atoms with Gasteiger partial charge in [-0.3, -0.25) is 14.5 Å². The number of nitrogens with zero attached hydrogens (tertiary/aromatic N) is 1. The zero-order valence-electron chi connectivity index (χ0n) is 15.5. The third kappa shape index (κ3) is 4.82. The van der Waals surface area contributed by atoms with Gasteiger partial charge in [0.1, 0.15) is 5.84 Å². The largest absolute Gasteiger partial charge is 0.295 e. The Morgan fingerprint density at radius 3 is 2.46 bits per heavy atom. The molecule has 2 atom stereocenters. The van der Waals surface area contributed by atoms with Gasteiger partial charge in [0.05, 0.1) is 10.4 Å². The van der Waals surface area contributed by atoms with E-state index in [4.69, 9.17) is 0 Å². The molecule has 1 N–H and O–H groups in total. The third-order valence-corrected chi connectivity index (χ3v) is 7.36. The summed E-state index contributed by atoms with van der Waals surface area (Å²) in [6.07, 6.45) is 3.12. The summed E-state index contributed by atoms with van der Waals surface area (Å²) in [5.41, 5.74) is 1.21. The van der Waals surface area contributed by atoms with Crippen LogP contribution in [0.15, 0.2) is 45.8 Å². The monoisotopic (exact) mass is 440 g/mol. The van der Waals surface area contributed by atoms with Crippen molar-refractivity contribution in [3.8, 4) is 0 Å². The van der Waals surface area contributed by atoms with Crippen molar-refractivity contribution in [2.45, 2.75) is 51.0 Å². The van der Waals surface area contributed by atoms with Crippen LogP contribution in [0.3, 0.4) is 0 Å². The minimum atomic E-state index is -3.68. The van der Waals surface area contributed by atoms with E-state index in [1.54, 1.807) is 31.2 Å². The molecule has 0 fully saturated rings. The first-order chi connectivity index (χ1) is 12.1. The first kappa shape index (κ1) is 20.8. The molecule has 0 spiro atoms. The maximum Gasteiger partial charge on any atom is 0.262 e. The molecule has 1 aliphatic carbocycles. The lowest BCUT2D eigenvalue weighted by Gasteiger charge is -2.34. The van der Waals surface area contributed by atoms with E-state index in [0.717, 1.165) is 17.6 Å². The second kappa shape index (κ2) is 8.05. The van der Waals surface area contributed by atoms with Crippen LogP contribution in [-0.4, -0.2) is 30.9 Å². The molecule has 0 radical (unpaired) electrons. The number of hydrogen-bond acceptors (Lipinski definition) is 4. The van der Waals surface area contributed by atoms with Gasteiger partial charge in [0.25, 0.3) is 10.0 Å². The average molecular weight is 441 g/mol. The molecule has 1 aromatic carbocycles. The number of hydrogen-bond donors (Lipinski definition) is 1. The molecule has 0 aromatic heterocycles. The number of ketones is 1. The molecule has 7 heteroatoms. The minimum Gasteiger partial charge on any atom is -0.295 e. The van der Waals surface area contributed by atoms with Crippen LogP contribution in [0.2, 0.25) is 0 Å². The van der Waals surface area contributed by atoms with Crippen LogP contribution in [0, 0.1) is 12.8 Å². The molecule has 0 heterocycles. The number of benzene rings is 1. The minimum absolute atomic E-state index is 0.0249. The van der Waals surface area contributed by atoms with Crippen molar-refractivity contribution in [2.24, 2.45) is 10.9 Å². The molecule has 1 aliphatic rings. The van der Waals surface area contributed by atoms with Gasteiger partial charge in [0, 0.05) is 11.8 Å². The van der Waals surface area contributed by atoms with Gasteiger partial charge in [0.2, 0.25) is 0 Å². The molecule has 142 valence electrons. The topological polar surface area (TPSA) is 75.6 Å². The normalized spacial score (nSPS) is 21.1. The quantitative estimate of drug-likeness (QED) is 0.430. The van der Waals surface area contributed by atoms with Gasteiger partial charge in [-0.25, -0.2) is 8.42 Å². The Morgan fingerprint density at radius 1 is 1.31 bits per heavy atom. The Labute approximate surface area is 164 Å². The number of alkyl halides is 1. The number of sulfonamides is 1. The van der Waals surface area contributed by atoms with Crippen LogP contribution in [0.4, 0.5) is 0 Å². The number of rotatable bonds is 5. The van der Waals surface area contributed by atoms with Crippen LogP contribution in [0.1, 0.15) is 39.2 Å². The molecule has 0 aliphatic heterocycles. The van der Waals surface area contributed by atoms with Crippen molar-refractivity contribution >= 4 is 37.6 Å². The van der Waals surface area contributed by atoms with Crippen LogP contribution in [0.25, 0.3) is 0 Å². The van der Waals surface area contributed by atoms with E-state index in [2.05, 4.69) is 25.6 Å². The summed E-state index contributed by atoms with van der Waals surface area (Å²) in [5.74, 6) is 0.463. The molecule has 0 bridgehead atoms. The van der Waals surface area contributed by atoms with Crippen LogP contribution in [0.5, 0.6) is 0 Å². The smallest absolute Gasteiger partial charge is 0.262 e. The highest BCUT2D eigenvalue weighted by molar-refractivity contribution is 9.09. The van der Waals surface area contributed by atoms with Crippen molar-refractivity contribution in [2.75, 3.05) is 5.33 Å². The molecule has 2 rings (SSSR count). The lowest BCUT2D eigenvalue weighted by molar-refractivity contribution is -0.117. The van der Waals surface area contributed by atoms with Gasteiger partial charge >= 0.3 is 0 Å². The predicted octanol–water partition coefficient (Wildman–Crippen LogP) is 3.77. The van der Waals surface area contributed by atoms with E-state index in [1.807, 2.05) is 26.8 Å². The number of aryl methyl sites for hydroxylation is 1. The molecule has 0 amide bonds. The molecule has 1 unspecified atom stereocenters. The molecular formula is C19H25BrN2O3S. The van der Waals surface area contributed by atoms with Gasteiger partial charge in [-0.1, -0.05) is 39.7 Å². The summed E-state index contributed by atoms with van der Waals surface area (Å²) in [7, 11) is -3.68. The van der Waals surface area contributed by atoms with Gasteiger partial charge in [-0.2, -0.15) is 0 Å². The highest BCUT2D eigenvalue weighted by Crippen LogP contribution is 2.34. The molecule has 1 aromatic rings. The molecule has 5 nitrogen and oxygen atoms in total. The number of amidine groups is 1. The zero-order valence-corrected chi connectivity index (χ0v) is 17.9. The average Bonchev–Trinajstić information content (AvgIpc) is 2.57. The highest BCUT2D eigenvalue weighted by atomic mass is 79.9. The van der Waals surface area contributed by atoms with Crippen molar-refractivity contribution < 1.29 is 13.2 Å². The van der Waals surface area contributed by atoms with Crippen molar-refractivity contribution in [3.05, 3.63) is 41.5 Å². The number of allylic oxidation sites excluding steroid dienone is 2. The number of halogens is 1. The fourth-order valence-electron chi connectivity index (χ4n) is 2.98. The maximum absolute atomic E-state index is 12.5. The first-order valence-corrected chi connectivity index (χ1v) is 11.1. The van der Waals surface area contributed by atoms with E-state index >= 15 is 0 Å². The van der Waals surface area contributed by atoms with E-state index in [-0.39, 0.29) is 16.6 Å². The number of nitrogens with one attached hydrogen (secondary N) is 1. The number of aliphatic imine (C=N–C) groups is 1. The standard InChI is InChI=1S/C19H25BrN2O3S/c1-13-5-9-17(10-6-13)26(24,25)22-15(3)21-19(4,12-20)16-8-7-14(2)18(23)11-16/h5-7,9-10,16H,8,11-12H2,1-4H3,(H,21,22)/t16-,19?/m1/s1. The van der Waals surface area contributed by atoms with Crippen molar-refractivity contribution in [1.29, 1.82) is 0 Å². The fourth-order valence-corrected chi connectivity index (χ4v) is 4.61. The lowest BCUT2D eigenvalue weighted by Crippen LogP contribution is -2.40. The first-order valence-electron chi connectivity index (χ1n) is 8.49. The Morgan fingerprint density at radius 2 is 1.92 bits per heavy atom. The lowest BCUT2D eigenvalue weighted by atomic mass is 9.77. The summed E-state index contributed by atoms with van der Waals surface area (Å²) in [4.78, 5) is 16.9. The second-order valence-electron chi connectivity index (χ2n) is 7.05. The Bertz CT molecular complexity index is 844. The number of carbonyl (C=O) groups is 1. The Kier molecular flexibility index (Phi) is 6.45. The Balaban J connectivity index is 2.23. The van der Waals surface area contributed by atoms with Crippen LogP contribution in [-0.2, 0) is 14.8 Å². The fraction of sp³-hybridized carbons (Fsp3) is 0.474. The number of Topliss-reactive ketones (excluding diaryl/α,β-unsaturated/α-hetero) is 1. The number of carbonyl (C=O) groups excluding carboxylic acids is 1. The van der Waals surface area contributed by atoms with Crippen molar-refractivity contribution in [1.82, 2.24) is 4.72 Å². The van der Waals surface area contributed by atoms with Crippen molar-refractivity contribution in [3.63, 3.8) is 0 Å². The highest BCUT2D eigenvalue weighted by Gasteiger charge is 2.36. The van der Waals surface area contributed by atoms with Gasteiger partial charge in [-0.05, 0) is 57.7 Å². The maximum atomic E-state index is 12.5. The van der Waals surface area contributed by atoms with Gasteiger partial charge in [0.15, 0.2) is 5.78 Å². The summed E-state index contributed by atoms with van der Waals surface area (Å²) in [6.45, 7) is 7.31. The molecule has 0 saturated heterocycles. The predicted molar refractivity (Wildman–Crippen MR) is 108 cm³/mol. The van der Waals surface area contributed by atoms with Gasteiger partial charge in [-0.15, -0.1) is 0 Å². The summed E-state index contributed by atoms with van der Waals surface area (Å²) < 4.78 is 27.6. The van der Waals surface area contributed by atoms with E-state index in [0.29, 0.717) is 17.6 Å². The molecule has 0 saturated carbocycles. The summed E-state index contributed by atoms with van der Waals surface area (Å²) in [5, 5.41) is 0.536. The van der Waals surface area contributed by atoms with Gasteiger partial charge < -0.3 is 0 Å². The summed E-state index contributed by atoms with van der Waals surface area (Å²) in [6, 6.07) is 6.65. The Hall–Kier alpha value is -1.47. The summed E-state index contributed by atoms with van der Waals surface area (Å²) >= 11 is 3.49. The van der Waals surface area contributed by atoms with E-state index in [9.17, 15) is 13.2 Å². The molecular weight excluding hydrogens is 416 g/mol. The zero-order chi connectivity index (χ0) is 19.5. The molecule has 26 heavy (non-hydrogen) atoms. The second-order valence-corrected chi connectivity index (χ2v) is 9.30. The van der Waals surface area contributed by atoms with E-state index < -0.39 is 15.6 Å². The van der Waals surface area contributed by atoms with Crippen LogP contribution < -0.4 is 4.72 Å². The van der Waals surface area contributed by atoms with Crippen LogP contribution >= 0.6 is 15.9 Å². The van der Waals surface area contributed by atoms with E-state index in [1.165, 1.54) is 0 Å². The third-order valence-electron chi connectivity index (χ3n) is 4.77. The SMILES string of the molecule is CC1=CC[C@@H](C(C)(CBr)N=C(C)NS(=O)(=O)c2ccc(C)cc2)CC1=O.